The van der Waals surface area contributed by atoms with E-state index in [9.17, 15) is 9.18 Å². The molecule has 2 aromatic carbocycles. The first kappa shape index (κ1) is 14.2. The van der Waals surface area contributed by atoms with Gasteiger partial charge in [-0.25, -0.2) is 4.39 Å². The van der Waals surface area contributed by atoms with E-state index >= 15 is 0 Å². The van der Waals surface area contributed by atoms with Gasteiger partial charge in [0, 0.05) is 17.7 Å². The van der Waals surface area contributed by atoms with Crippen LogP contribution >= 0.6 is 11.6 Å². The topological polar surface area (TPSA) is 20.3 Å². The first-order valence-corrected chi connectivity index (χ1v) is 7.33. The average molecular weight is 304 g/mol. The maximum absolute atomic E-state index is 13.5. The van der Waals surface area contributed by atoms with Gasteiger partial charge in [-0.05, 0) is 43.3 Å². The van der Waals surface area contributed by atoms with Gasteiger partial charge in [-0.1, -0.05) is 35.9 Å². The molecule has 1 aliphatic heterocycles. The van der Waals surface area contributed by atoms with Crippen molar-refractivity contribution in [1.29, 1.82) is 0 Å². The fourth-order valence-corrected chi connectivity index (χ4v) is 2.57. The van der Waals surface area contributed by atoms with E-state index in [1.165, 1.54) is 18.6 Å². The van der Waals surface area contributed by atoms with E-state index in [4.69, 9.17) is 11.6 Å². The normalized spacial score (nSPS) is 14.8. The lowest BCUT2D eigenvalue weighted by molar-refractivity contribution is 0.103. The van der Waals surface area contributed by atoms with Crippen LogP contribution in [0.4, 0.5) is 4.39 Å². The Morgan fingerprint density at radius 2 is 1.95 bits per heavy atom. The van der Waals surface area contributed by atoms with Gasteiger partial charge in [-0.2, -0.15) is 0 Å². The number of likely N-dealkylation sites (tertiary alicyclic amines) is 1. The number of hydrogen-bond donors (Lipinski definition) is 0. The molecule has 2 aromatic rings. The molecule has 0 saturated carbocycles. The predicted molar refractivity (Wildman–Crippen MR) is 81.2 cm³/mol. The molecule has 1 fully saturated rings. The van der Waals surface area contributed by atoms with E-state index < -0.39 is 5.82 Å². The molecule has 0 unspecified atom stereocenters. The minimum absolute atomic E-state index is 0.0282. The van der Waals surface area contributed by atoms with Crippen molar-refractivity contribution in [2.75, 3.05) is 13.1 Å². The molecule has 4 heteroatoms. The Bertz CT molecular complexity index is 682. The quantitative estimate of drug-likeness (QED) is 0.798. The summed E-state index contributed by atoms with van der Waals surface area (Å²) in [6, 6.07) is 11.7. The van der Waals surface area contributed by atoms with Crippen molar-refractivity contribution in [3.05, 3.63) is 70.0 Å². The summed E-state index contributed by atoms with van der Waals surface area (Å²) in [4.78, 5) is 14.9. The number of hydrogen-bond acceptors (Lipinski definition) is 2. The lowest BCUT2D eigenvalue weighted by Gasteiger charge is -2.31. The number of carbonyl (C=O) groups is 1. The van der Waals surface area contributed by atoms with Gasteiger partial charge in [-0.15, -0.1) is 0 Å². The van der Waals surface area contributed by atoms with E-state index in [2.05, 4.69) is 4.90 Å². The Balaban J connectivity index is 1.91. The standard InChI is InChI=1S/C17H15ClFNO/c18-15-7-6-12(10-16(15)19)17(21)14-5-2-1-4-13(14)11-20-8-3-9-20/h1-2,4-7,10H,3,8-9,11H2. The molecule has 0 bridgehead atoms. The van der Waals surface area contributed by atoms with Gasteiger partial charge in [0.05, 0.1) is 5.02 Å². The van der Waals surface area contributed by atoms with E-state index in [-0.39, 0.29) is 10.8 Å². The van der Waals surface area contributed by atoms with Crippen molar-refractivity contribution < 1.29 is 9.18 Å². The molecule has 0 aliphatic carbocycles. The van der Waals surface area contributed by atoms with Crippen LogP contribution in [0.25, 0.3) is 0 Å². The molecule has 3 rings (SSSR count). The highest BCUT2D eigenvalue weighted by atomic mass is 35.5. The van der Waals surface area contributed by atoms with E-state index in [0.29, 0.717) is 11.1 Å². The second-order valence-corrected chi connectivity index (χ2v) is 5.65. The Kier molecular flexibility index (Phi) is 4.04. The van der Waals surface area contributed by atoms with Gasteiger partial charge in [0.2, 0.25) is 0 Å². The van der Waals surface area contributed by atoms with Gasteiger partial charge >= 0.3 is 0 Å². The van der Waals surface area contributed by atoms with Gasteiger partial charge in [0.1, 0.15) is 5.82 Å². The van der Waals surface area contributed by atoms with Crippen LogP contribution in [0, 0.1) is 5.82 Å². The summed E-state index contributed by atoms with van der Waals surface area (Å²) in [6.45, 7) is 2.90. The molecule has 0 amide bonds. The molecule has 0 atom stereocenters. The Hall–Kier alpha value is -1.71. The van der Waals surface area contributed by atoms with Gasteiger partial charge in [0.25, 0.3) is 0 Å². The second-order valence-electron chi connectivity index (χ2n) is 5.24. The number of nitrogens with zero attached hydrogens (tertiary/aromatic N) is 1. The van der Waals surface area contributed by atoms with Gasteiger partial charge in [0.15, 0.2) is 5.78 Å². The van der Waals surface area contributed by atoms with Crippen molar-refractivity contribution in [2.24, 2.45) is 0 Å². The SMILES string of the molecule is O=C(c1ccc(Cl)c(F)c1)c1ccccc1CN1CCC1. The molecule has 2 nitrogen and oxygen atoms in total. The highest BCUT2D eigenvalue weighted by molar-refractivity contribution is 6.30. The highest BCUT2D eigenvalue weighted by Crippen LogP contribution is 2.21. The molecule has 0 radical (unpaired) electrons. The van der Waals surface area contributed by atoms with Crippen LogP contribution in [0.2, 0.25) is 5.02 Å². The fourth-order valence-electron chi connectivity index (χ4n) is 2.45. The summed E-state index contributed by atoms with van der Waals surface area (Å²) < 4.78 is 13.5. The Morgan fingerprint density at radius 3 is 2.62 bits per heavy atom. The summed E-state index contributed by atoms with van der Waals surface area (Å²) in [7, 11) is 0. The number of carbonyl (C=O) groups excluding carboxylic acids is 1. The monoisotopic (exact) mass is 303 g/mol. The molecule has 1 heterocycles. The molecule has 1 saturated heterocycles. The summed E-state index contributed by atoms with van der Waals surface area (Å²) >= 11 is 5.66. The second kappa shape index (κ2) is 5.96. The summed E-state index contributed by atoms with van der Waals surface area (Å²) in [5.41, 5.74) is 1.94. The lowest BCUT2D eigenvalue weighted by atomic mass is 9.97. The van der Waals surface area contributed by atoms with Gasteiger partial charge < -0.3 is 0 Å². The smallest absolute Gasteiger partial charge is 0.193 e. The maximum Gasteiger partial charge on any atom is 0.193 e. The van der Waals surface area contributed by atoms with Crippen LogP contribution in [0.5, 0.6) is 0 Å². The maximum atomic E-state index is 13.5. The van der Waals surface area contributed by atoms with Crippen LogP contribution in [-0.2, 0) is 6.54 Å². The third-order valence-electron chi connectivity index (χ3n) is 3.79. The first-order valence-electron chi connectivity index (χ1n) is 6.95. The number of halogens is 2. The third-order valence-corrected chi connectivity index (χ3v) is 4.09. The molecule has 0 N–H and O–H groups in total. The van der Waals surface area contributed by atoms with Crippen molar-refractivity contribution in [2.45, 2.75) is 13.0 Å². The molecule has 0 aromatic heterocycles. The third kappa shape index (κ3) is 2.99. The summed E-state index contributed by atoms with van der Waals surface area (Å²) in [5, 5.41) is 0.0282. The number of rotatable bonds is 4. The van der Waals surface area contributed by atoms with E-state index in [1.807, 2.05) is 18.2 Å². The van der Waals surface area contributed by atoms with Crippen LogP contribution in [-0.4, -0.2) is 23.8 Å². The lowest BCUT2D eigenvalue weighted by Crippen LogP contribution is -2.36. The minimum atomic E-state index is -0.567. The van der Waals surface area contributed by atoms with Crippen LogP contribution in [0.15, 0.2) is 42.5 Å². The zero-order chi connectivity index (χ0) is 14.8. The Labute approximate surface area is 128 Å². The van der Waals surface area contributed by atoms with Crippen LogP contribution in [0.1, 0.15) is 27.9 Å². The predicted octanol–water partition coefficient (Wildman–Crippen LogP) is 3.92. The van der Waals surface area contributed by atoms with E-state index in [0.717, 1.165) is 25.2 Å². The number of benzene rings is 2. The van der Waals surface area contributed by atoms with Crippen molar-refractivity contribution in [3.8, 4) is 0 Å². The van der Waals surface area contributed by atoms with Crippen LogP contribution in [0.3, 0.4) is 0 Å². The fraction of sp³-hybridized carbons (Fsp3) is 0.235. The molecule has 0 spiro atoms. The van der Waals surface area contributed by atoms with Crippen molar-refractivity contribution in [1.82, 2.24) is 4.90 Å². The van der Waals surface area contributed by atoms with Crippen molar-refractivity contribution >= 4 is 17.4 Å². The minimum Gasteiger partial charge on any atom is -0.299 e. The summed E-state index contributed by atoms with van der Waals surface area (Å²) in [6.07, 6.45) is 1.21. The van der Waals surface area contributed by atoms with Crippen LogP contribution < -0.4 is 0 Å². The highest BCUT2D eigenvalue weighted by Gasteiger charge is 2.19. The largest absolute Gasteiger partial charge is 0.299 e. The molecule has 1 aliphatic rings. The van der Waals surface area contributed by atoms with E-state index in [1.54, 1.807) is 12.1 Å². The zero-order valence-electron chi connectivity index (χ0n) is 11.5. The molecular formula is C17H15ClFNO. The molecular weight excluding hydrogens is 289 g/mol. The zero-order valence-corrected chi connectivity index (χ0v) is 12.2. The molecule has 21 heavy (non-hydrogen) atoms. The average Bonchev–Trinajstić information content (AvgIpc) is 2.45. The van der Waals surface area contributed by atoms with Gasteiger partial charge in [-0.3, -0.25) is 9.69 Å². The Morgan fingerprint density at radius 1 is 1.19 bits per heavy atom. The van der Waals surface area contributed by atoms with Crippen molar-refractivity contribution in [3.63, 3.8) is 0 Å². The number of ketones is 1. The molecule has 108 valence electrons. The summed E-state index contributed by atoms with van der Waals surface area (Å²) in [5.74, 6) is -0.732. The first-order chi connectivity index (χ1) is 10.1.